The average molecular weight is 494 g/mol. The Morgan fingerprint density at radius 3 is 2.76 bits per heavy atom. The summed E-state index contributed by atoms with van der Waals surface area (Å²) >= 11 is 7.64. The van der Waals surface area contributed by atoms with Crippen molar-refractivity contribution in [2.24, 2.45) is 10.7 Å². The van der Waals surface area contributed by atoms with Crippen LogP contribution in [0, 0.1) is 0 Å². The Hall–Kier alpha value is -1.26. The first-order valence-corrected chi connectivity index (χ1v) is 8.95. The number of halogens is 2. The first-order valence-electron chi connectivity index (χ1n) is 7.69. The van der Waals surface area contributed by atoms with Crippen LogP contribution in [0.15, 0.2) is 34.8 Å². The number of nitrogens with zero attached hydrogens (tertiary/aromatic N) is 4. The van der Waals surface area contributed by atoms with Gasteiger partial charge < -0.3 is 20.3 Å². The number of piperazine rings is 1. The smallest absolute Gasteiger partial charge is 0.191 e. The molecule has 9 heteroatoms. The van der Waals surface area contributed by atoms with Gasteiger partial charge in [0.15, 0.2) is 11.1 Å². The molecule has 0 atom stereocenters. The number of anilines is 1. The predicted octanol–water partition coefficient (Wildman–Crippen LogP) is 3.06. The minimum atomic E-state index is 0. The van der Waals surface area contributed by atoms with Crippen molar-refractivity contribution in [3.05, 3.63) is 40.4 Å². The summed E-state index contributed by atoms with van der Waals surface area (Å²) in [5.41, 5.74) is 7.12. The molecule has 2 aromatic rings. The molecule has 0 radical (unpaired) electrons. The summed E-state index contributed by atoms with van der Waals surface area (Å²) in [6.07, 6.45) is 1.84. The number of methoxy groups -OCH3 is 1. The van der Waals surface area contributed by atoms with Crippen molar-refractivity contribution in [3.63, 3.8) is 0 Å². The van der Waals surface area contributed by atoms with Crippen LogP contribution in [0.4, 0.5) is 5.13 Å². The van der Waals surface area contributed by atoms with E-state index in [0.717, 1.165) is 42.6 Å². The van der Waals surface area contributed by atoms with E-state index in [-0.39, 0.29) is 24.0 Å². The number of thiazole rings is 1. The Bertz CT molecular complexity index is 705. The summed E-state index contributed by atoms with van der Waals surface area (Å²) in [4.78, 5) is 13.2. The Kier molecular flexibility index (Phi) is 7.57. The summed E-state index contributed by atoms with van der Waals surface area (Å²) < 4.78 is 5.34. The monoisotopic (exact) mass is 493 g/mol. The molecule has 0 spiro atoms. The van der Waals surface area contributed by atoms with Crippen LogP contribution in [0.3, 0.4) is 0 Å². The minimum Gasteiger partial charge on any atom is -0.496 e. The van der Waals surface area contributed by atoms with Crippen molar-refractivity contribution in [2.45, 2.75) is 6.54 Å². The highest BCUT2D eigenvalue weighted by molar-refractivity contribution is 14.0. The van der Waals surface area contributed by atoms with Crippen LogP contribution in [0.1, 0.15) is 5.56 Å². The molecule has 3 rings (SSSR count). The van der Waals surface area contributed by atoms with E-state index in [2.05, 4.69) is 19.8 Å². The maximum atomic E-state index is 6.16. The van der Waals surface area contributed by atoms with Crippen molar-refractivity contribution in [1.29, 1.82) is 0 Å². The van der Waals surface area contributed by atoms with Crippen LogP contribution in [-0.4, -0.2) is 49.1 Å². The first kappa shape index (κ1) is 20.1. The van der Waals surface area contributed by atoms with Gasteiger partial charge in [-0.1, -0.05) is 17.7 Å². The molecule has 1 fully saturated rings. The maximum absolute atomic E-state index is 6.16. The van der Waals surface area contributed by atoms with E-state index in [9.17, 15) is 0 Å². The number of nitrogens with two attached hydrogens (primary N) is 1. The Morgan fingerprint density at radius 1 is 1.36 bits per heavy atom. The summed E-state index contributed by atoms with van der Waals surface area (Å²) in [6.45, 7) is 3.94. The maximum Gasteiger partial charge on any atom is 0.191 e. The van der Waals surface area contributed by atoms with Crippen molar-refractivity contribution >= 4 is 58.0 Å². The molecule has 0 amide bonds. The third-order valence-electron chi connectivity index (χ3n) is 3.95. The van der Waals surface area contributed by atoms with Crippen LogP contribution < -0.4 is 15.4 Å². The van der Waals surface area contributed by atoms with Gasteiger partial charge in [-0.05, 0) is 12.1 Å². The van der Waals surface area contributed by atoms with Gasteiger partial charge in [-0.15, -0.1) is 35.3 Å². The van der Waals surface area contributed by atoms with Crippen molar-refractivity contribution in [3.8, 4) is 5.75 Å². The van der Waals surface area contributed by atoms with E-state index in [4.69, 9.17) is 22.1 Å². The molecule has 136 valence electrons. The predicted molar refractivity (Wildman–Crippen MR) is 115 cm³/mol. The second kappa shape index (κ2) is 9.44. The lowest BCUT2D eigenvalue weighted by Gasteiger charge is -2.35. The fourth-order valence-electron chi connectivity index (χ4n) is 2.61. The molecule has 1 aliphatic heterocycles. The van der Waals surface area contributed by atoms with Crippen molar-refractivity contribution in [1.82, 2.24) is 9.88 Å². The van der Waals surface area contributed by atoms with E-state index in [1.54, 1.807) is 24.5 Å². The molecule has 0 saturated carbocycles. The van der Waals surface area contributed by atoms with E-state index in [1.807, 2.05) is 23.7 Å². The Morgan fingerprint density at radius 2 is 2.12 bits per heavy atom. The number of aromatic nitrogens is 1. The van der Waals surface area contributed by atoms with Gasteiger partial charge in [-0.3, -0.25) is 0 Å². The van der Waals surface area contributed by atoms with Gasteiger partial charge >= 0.3 is 0 Å². The zero-order valence-corrected chi connectivity index (χ0v) is 17.8. The molecular formula is C16H21ClIN5OS. The topological polar surface area (TPSA) is 67.0 Å². The number of benzene rings is 1. The van der Waals surface area contributed by atoms with Crippen LogP contribution >= 0.6 is 46.9 Å². The van der Waals surface area contributed by atoms with Crippen LogP contribution in [-0.2, 0) is 6.54 Å². The number of guanidine groups is 1. The standard InChI is InChI=1S/C16H20ClN5OS.HI/c1-23-14-10-13(17)3-2-12(14)11-20-15(18)21-5-7-22(8-6-21)16-19-4-9-24-16;/h2-4,9-10H,5-8,11H2,1H3,(H2,18,20);1H. The van der Waals surface area contributed by atoms with Gasteiger partial charge in [-0.25, -0.2) is 9.98 Å². The van der Waals surface area contributed by atoms with E-state index >= 15 is 0 Å². The molecule has 6 nitrogen and oxygen atoms in total. The molecular weight excluding hydrogens is 473 g/mol. The van der Waals surface area contributed by atoms with Gasteiger partial charge in [0.1, 0.15) is 5.75 Å². The quantitative estimate of drug-likeness (QED) is 0.403. The normalized spacial score (nSPS) is 15.0. The zero-order valence-electron chi connectivity index (χ0n) is 13.9. The molecule has 1 aromatic heterocycles. The highest BCUT2D eigenvalue weighted by Gasteiger charge is 2.19. The van der Waals surface area contributed by atoms with Gasteiger partial charge in [0.05, 0.1) is 13.7 Å². The minimum absolute atomic E-state index is 0. The second-order valence-electron chi connectivity index (χ2n) is 5.42. The second-order valence-corrected chi connectivity index (χ2v) is 6.73. The average Bonchev–Trinajstić information content (AvgIpc) is 3.15. The third-order valence-corrected chi connectivity index (χ3v) is 5.02. The summed E-state index contributed by atoms with van der Waals surface area (Å²) in [6, 6.07) is 5.53. The highest BCUT2D eigenvalue weighted by atomic mass is 127. The first-order chi connectivity index (χ1) is 11.7. The SMILES string of the molecule is COc1cc(Cl)ccc1CN=C(N)N1CCN(c2nccs2)CC1.I. The van der Waals surface area contributed by atoms with E-state index in [0.29, 0.717) is 17.5 Å². The molecule has 1 aromatic carbocycles. The molecule has 2 heterocycles. The van der Waals surface area contributed by atoms with Gasteiger partial charge in [0, 0.05) is 48.3 Å². The molecule has 0 unspecified atom stereocenters. The largest absolute Gasteiger partial charge is 0.496 e. The highest BCUT2D eigenvalue weighted by Crippen LogP contribution is 2.24. The molecule has 2 N–H and O–H groups in total. The number of rotatable bonds is 4. The number of hydrogen-bond donors (Lipinski definition) is 1. The number of aliphatic imine (C=N–C) groups is 1. The molecule has 0 aliphatic carbocycles. The van der Waals surface area contributed by atoms with Gasteiger partial charge in [0.25, 0.3) is 0 Å². The Labute approximate surface area is 173 Å². The lowest BCUT2D eigenvalue weighted by atomic mass is 10.2. The fourth-order valence-corrected chi connectivity index (χ4v) is 3.47. The summed E-state index contributed by atoms with van der Waals surface area (Å²) in [5, 5.41) is 3.71. The summed E-state index contributed by atoms with van der Waals surface area (Å²) in [5.74, 6) is 1.29. The fraction of sp³-hybridized carbons (Fsp3) is 0.375. The Balaban J connectivity index is 0.00000225. The van der Waals surface area contributed by atoms with Crippen LogP contribution in [0.5, 0.6) is 5.75 Å². The van der Waals surface area contributed by atoms with E-state index < -0.39 is 0 Å². The molecule has 1 aliphatic rings. The lowest BCUT2D eigenvalue weighted by Crippen LogP contribution is -2.51. The molecule has 0 bridgehead atoms. The number of ether oxygens (including phenoxy) is 1. The van der Waals surface area contributed by atoms with Crippen LogP contribution in [0.25, 0.3) is 0 Å². The van der Waals surface area contributed by atoms with Gasteiger partial charge in [-0.2, -0.15) is 0 Å². The number of hydrogen-bond acceptors (Lipinski definition) is 5. The third kappa shape index (κ3) is 5.11. The van der Waals surface area contributed by atoms with Crippen molar-refractivity contribution in [2.75, 3.05) is 38.2 Å². The zero-order chi connectivity index (χ0) is 16.9. The van der Waals surface area contributed by atoms with Crippen molar-refractivity contribution < 1.29 is 4.74 Å². The van der Waals surface area contributed by atoms with E-state index in [1.165, 1.54) is 0 Å². The molecule has 25 heavy (non-hydrogen) atoms. The molecule has 1 saturated heterocycles. The summed E-state index contributed by atoms with van der Waals surface area (Å²) in [7, 11) is 1.63. The van der Waals surface area contributed by atoms with Gasteiger partial charge in [0.2, 0.25) is 0 Å². The lowest BCUT2D eigenvalue weighted by molar-refractivity contribution is 0.380. The van der Waals surface area contributed by atoms with Crippen LogP contribution in [0.2, 0.25) is 5.02 Å².